The van der Waals surface area contributed by atoms with Gasteiger partial charge in [0.25, 0.3) is 0 Å². The Morgan fingerprint density at radius 2 is 2.18 bits per heavy atom. The summed E-state index contributed by atoms with van der Waals surface area (Å²) in [5, 5.41) is 4.53. The molecule has 0 bridgehead atoms. The zero-order valence-electron chi connectivity index (χ0n) is 10.5. The van der Waals surface area contributed by atoms with E-state index < -0.39 is 0 Å². The largest absolute Gasteiger partial charge is 0.345 e. The van der Waals surface area contributed by atoms with E-state index in [1.165, 1.54) is 27.5 Å². The fraction of sp³-hybridized carbons (Fsp3) is 0.429. The molecule has 92 valence electrons. The number of halogens is 1. The molecule has 1 aromatic carbocycles. The standard InChI is InChI=1S/C14H19BrN2/c1-3-17-11(6-5-9-16-2)10-12-13(15)7-4-8-14(12)17/h4,7-8,10,16H,3,5-6,9H2,1-2H3. The Kier molecular flexibility index (Phi) is 4.24. The van der Waals surface area contributed by atoms with Gasteiger partial charge >= 0.3 is 0 Å². The maximum Gasteiger partial charge on any atom is 0.0493 e. The van der Waals surface area contributed by atoms with Gasteiger partial charge < -0.3 is 9.88 Å². The first kappa shape index (κ1) is 12.7. The highest BCUT2D eigenvalue weighted by atomic mass is 79.9. The molecule has 0 spiro atoms. The minimum atomic E-state index is 1.04. The first-order valence-corrected chi connectivity index (χ1v) is 6.98. The summed E-state index contributed by atoms with van der Waals surface area (Å²) in [6.45, 7) is 4.32. The van der Waals surface area contributed by atoms with Crippen molar-refractivity contribution in [2.45, 2.75) is 26.3 Å². The van der Waals surface area contributed by atoms with Gasteiger partial charge in [0.15, 0.2) is 0 Å². The van der Waals surface area contributed by atoms with Gasteiger partial charge in [-0.05, 0) is 51.6 Å². The third kappa shape index (κ3) is 2.55. The van der Waals surface area contributed by atoms with Crippen molar-refractivity contribution in [1.29, 1.82) is 0 Å². The summed E-state index contributed by atoms with van der Waals surface area (Å²) in [5.74, 6) is 0. The van der Waals surface area contributed by atoms with E-state index in [1.807, 2.05) is 7.05 Å². The number of rotatable bonds is 5. The maximum absolute atomic E-state index is 3.63. The number of nitrogens with zero attached hydrogens (tertiary/aromatic N) is 1. The third-order valence-corrected chi connectivity index (χ3v) is 3.85. The lowest BCUT2D eigenvalue weighted by molar-refractivity contribution is 0.673. The summed E-state index contributed by atoms with van der Waals surface area (Å²) in [4.78, 5) is 0. The summed E-state index contributed by atoms with van der Waals surface area (Å²) in [5.41, 5.74) is 2.77. The van der Waals surface area contributed by atoms with Gasteiger partial charge in [-0.1, -0.05) is 22.0 Å². The van der Waals surface area contributed by atoms with E-state index in [9.17, 15) is 0 Å². The molecule has 1 heterocycles. The Morgan fingerprint density at radius 1 is 1.35 bits per heavy atom. The van der Waals surface area contributed by atoms with Gasteiger partial charge in [-0.15, -0.1) is 0 Å². The highest BCUT2D eigenvalue weighted by Crippen LogP contribution is 2.27. The minimum Gasteiger partial charge on any atom is -0.345 e. The van der Waals surface area contributed by atoms with Crippen LogP contribution in [0.3, 0.4) is 0 Å². The van der Waals surface area contributed by atoms with Crippen molar-refractivity contribution < 1.29 is 0 Å². The number of aryl methyl sites for hydroxylation is 2. The van der Waals surface area contributed by atoms with Crippen LogP contribution in [0.2, 0.25) is 0 Å². The van der Waals surface area contributed by atoms with Crippen molar-refractivity contribution in [3.8, 4) is 0 Å². The lowest BCUT2D eigenvalue weighted by Gasteiger charge is -2.07. The topological polar surface area (TPSA) is 17.0 Å². The molecule has 0 saturated heterocycles. The van der Waals surface area contributed by atoms with Crippen molar-refractivity contribution in [1.82, 2.24) is 9.88 Å². The second kappa shape index (κ2) is 5.69. The van der Waals surface area contributed by atoms with Crippen LogP contribution in [-0.2, 0) is 13.0 Å². The lowest BCUT2D eigenvalue weighted by atomic mass is 10.2. The fourth-order valence-corrected chi connectivity index (χ4v) is 2.80. The molecule has 0 aliphatic carbocycles. The van der Waals surface area contributed by atoms with Crippen molar-refractivity contribution in [2.24, 2.45) is 0 Å². The molecule has 0 unspecified atom stereocenters. The quantitative estimate of drug-likeness (QED) is 0.834. The van der Waals surface area contributed by atoms with Crippen LogP contribution in [0.15, 0.2) is 28.7 Å². The molecule has 1 N–H and O–H groups in total. The number of fused-ring (bicyclic) bond motifs is 1. The summed E-state index contributed by atoms with van der Waals surface area (Å²) >= 11 is 3.63. The Morgan fingerprint density at radius 3 is 2.88 bits per heavy atom. The fourth-order valence-electron chi connectivity index (χ4n) is 2.33. The summed E-state index contributed by atoms with van der Waals surface area (Å²) < 4.78 is 3.60. The average molecular weight is 295 g/mol. The SMILES string of the molecule is CCn1c(CCCNC)cc2c(Br)cccc21. The van der Waals surface area contributed by atoms with E-state index >= 15 is 0 Å². The predicted octanol–water partition coefficient (Wildman–Crippen LogP) is 3.58. The van der Waals surface area contributed by atoms with Crippen molar-refractivity contribution in [2.75, 3.05) is 13.6 Å². The first-order valence-electron chi connectivity index (χ1n) is 6.19. The predicted molar refractivity (Wildman–Crippen MR) is 77.6 cm³/mol. The molecule has 0 aliphatic rings. The normalized spacial score (nSPS) is 11.2. The molecule has 17 heavy (non-hydrogen) atoms. The zero-order chi connectivity index (χ0) is 12.3. The van der Waals surface area contributed by atoms with Gasteiger partial charge in [0.05, 0.1) is 0 Å². The molecule has 0 saturated carbocycles. The Balaban J connectivity index is 2.38. The number of nitrogens with one attached hydrogen (secondary N) is 1. The monoisotopic (exact) mass is 294 g/mol. The highest BCUT2D eigenvalue weighted by molar-refractivity contribution is 9.10. The molecule has 2 nitrogen and oxygen atoms in total. The molecule has 0 atom stereocenters. The maximum atomic E-state index is 3.63. The molecule has 3 heteroatoms. The Labute approximate surface area is 111 Å². The number of hydrogen-bond acceptors (Lipinski definition) is 1. The average Bonchev–Trinajstić information content (AvgIpc) is 2.69. The van der Waals surface area contributed by atoms with E-state index in [1.54, 1.807) is 0 Å². The first-order chi connectivity index (χ1) is 8.27. The zero-order valence-corrected chi connectivity index (χ0v) is 12.0. The second-order valence-electron chi connectivity index (χ2n) is 4.26. The van der Waals surface area contributed by atoms with E-state index in [2.05, 4.69) is 57.0 Å². The molecule has 0 aliphatic heterocycles. The van der Waals surface area contributed by atoms with E-state index in [-0.39, 0.29) is 0 Å². The molecule has 2 aromatic rings. The Hall–Kier alpha value is -0.800. The van der Waals surface area contributed by atoms with Crippen LogP contribution in [0.25, 0.3) is 10.9 Å². The van der Waals surface area contributed by atoms with Gasteiger partial charge in [0.2, 0.25) is 0 Å². The number of benzene rings is 1. The van der Waals surface area contributed by atoms with E-state index in [0.717, 1.165) is 19.5 Å². The van der Waals surface area contributed by atoms with Gasteiger partial charge in [-0.25, -0.2) is 0 Å². The molecule has 0 fully saturated rings. The van der Waals surface area contributed by atoms with Gasteiger partial charge in [-0.3, -0.25) is 0 Å². The lowest BCUT2D eigenvalue weighted by Crippen LogP contribution is -2.10. The Bertz CT molecular complexity index is 502. The van der Waals surface area contributed by atoms with Crippen LogP contribution in [-0.4, -0.2) is 18.2 Å². The van der Waals surface area contributed by atoms with Crippen LogP contribution in [0.1, 0.15) is 19.0 Å². The summed E-state index contributed by atoms with van der Waals surface area (Å²) in [6, 6.07) is 8.74. The van der Waals surface area contributed by atoms with Crippen LogP contribution >= 0.6 is 15.9 Å². The smallest absolute Gasteiger partial charge is 0.0493 e. The van der Waals surface area contributed by atoms with Crippen molar-refractivity contribution >= 4 is 26.8 Å². The minimum absolute atomic E-state index is 1.04. The number of aromatic nitrogens is 1. The van der Waals surface area contributed by atoms with E-state index in [0.29, 0.717) is 0 Å². The number of hydrogen-bond donors (Lipinski definition) is 1. The van der Waals surface area contributed by atoms with Gasteiger partial charge in [0.1, 0.15) is 0 Å². The molecule has 0 radical (unpaired) electrons. The molecule has 1 aromatic heterocycles. The molecular weight excluding hydrogens is 276 g/mol. The van der Waals surface area contributed by atoms with Crippen LogP contribution in [0, 0.1) is 0 Å². The van der Waals surface area contributed by atoms with E-state index in [4.69, 9.17) is 0 Å². The van der Waals surface area contributed by atoms with Crippen molar-refractivity contribution in [3.05, 3.63) is 34.4 Å². The van der Waals surface area contributed by atoms with Crippen LogP contribution in [0.4, 0.5) is 0 Å². The molecule has 0 amide bonds. The van der Waals surface area contributed by atoms with Crippen LogP contribution in [0.5, 0.6) is 0 Å². The summed E-state index contributed by atoms with van der Waals surface area (Å²) in [7, 11) is 2.01. The van der Waals surface area contributed by atoms with Gasteiger partial charge in [-0.2, -0.15) is 0 Å². The molecular formula is C14H19BrN2. The molecule has 2 rings (SSSR count). The highest BCUT2D eigenvalue weighted by Gasteiger charge is 2.08. The summed E-state index contributed by atoms with van der Waals surface area (Å²) in [6.07, 6.45) is 2.32. The van der Waals surface area contributed by atoms with Crippen LogP contribution < -0.4 is 5.32 Å². The van der Waals surface area contributed by atoms with Gasteiger partial charge in [0, 0.05) is 27.6 Å². The second-order valence-corrected chi connectivity index (χ2v) is 5.11. The third-order valence-electron chi connectivity index (χ3n) is 3.15. The van der Waals surface area contributed by atoms with Crippen molar-refractivity contribution in [3.63, 3.8) is 0 Å².